The second-order valence-corrected chi connectivity index (χ2v) is 2.01. The van der Waals surface area contributed by atoms with Crippen molar-refractivity contribution in [3.8, 4) is 0 Å². The second kappa shape index (κ2) is 2.99. The van der Waals surface area contributed by atoms with Gasteiger partial charge in [0.1, 0.15) is 12.9 Å². The van der Waals surface area contributed by atoms with Gasteiger partial charge in [0.25, 0.3) is 0 Å². The Morgan fingerprint density at radius 2 is 2.33 bits per heavy atom. The topological polar surface area (TPSA) is 105 Å². The van der Waals surface area contributed by atoms with Gasteiger partial charge in [-0.1, -0.05) is 0 Å². The minimum absolute atomic E-state index is 0.560. The fourth-order valence-electron chi connectivity index (χ4n) is 0.646. The standard InChI is InChI=1S/C5H5N3O4/c9-3(10)1-8-2-6-7-4(11)5(8)12/h2H,1H2,(H,7,11)(H,9,10). The van der Waals surface area contributed by atoms with Gasteiger partial charge in [0.05, 0.1) is 0 Å². The summed E-state index contributed by atoms with van der Waals surface area (Å²) in [5.74, 6) is -1.20. The first-order valence-electron chi connectivity index (χ1n) is 2.97. The minimum Gasteiger partial charge on any atom is -0.480 e. The number of nitrogens with one attached hydrogen (secondary N) is 1. The molecular weight excluding hydrogens is 166 g/mol. The Labute approximate surface area is 65.3 Å². The second-order valence-electron chi connectivity index (χ2n) is 2.01. The summed E-state index contributed by atoms with van der Waals surface area (Å²) in [5.41, 5.74) is -1.86. The number of aromatic nitrogens is 3. The monoisotopic (exact) mass is 171 g/mol. The zero-order valence-electron chi connectivity index (χ0n) is 5.85. The maximum absolute atomic E-state index is 10.8. The molecule has 0 saturated heterocycles. The van der Waals surface area contributed by atoms with Crippen LogP contribution in [0.15, 0.2) is 15.9 Å². The third-order valence-electron chi connectivity index (χ3n) is 1.12. The molecule has 0 aromatic carbocycles. The molecule has 1 rings (SSSR count). The molecule has 2 N–H and O–H groups in total. The van der Waals surface area contributed by atoms with Crippen LogP contribution in [0.1, 0.15) is 0 Å². The minimum atomic E-state index is -1.20. The van der Waals surface area contributed by atoms with Crippen molar-refractivity contribution in [3.05, 3.63) is 27.0 Å². The summed E-state index contributed by atoms with van der Waals surface area (Å²) in [7, 11) is 0. The fraction of sp³-hybridized carbons (Fsp3) is 0.200. The van der Waals surface area contributed by atoms with Crippen LogP contribution in [0.25, 0.3) is 0 Å². The van der Waals surface area contributed by atoms with Crippen molar-refractivity contribution >= 4 is 5.97 Å². The smallest absolute Gasteiger partial charge is 0.330 e. The Bertz CT molecular complexity index is 404. The molecule has 0 spiro atoms. The molecule has 0 radical (unpaired) electrons. The summed E-state index contributed by atoms with van der Waals surface area (Å²) in [6, 6.07) is 0. The van der Waals surface area contributed by atoms with E-state index in [1.54, 1.807) is 0 Å². The van der Waals surface area contributed by atoms with Crippen molar-refractivity contribution in [1.82, 2.24) is 14.8 Å². The Hall–Kier alpha value is -1.92. The number of carbonyl (C=O) groups is 1. The fourth-order valence-corrected chi connectivity index (χ4v) is 0.646. The van der Waals surface area contributed by atoms with E-state index in [2.05, 4.69) is 5.10 Å². The number of aromatic amines is 1. The van der Waals surface area contributed by atoms with Gasteiger partial charge in [-0.15, -0.1) is 0 Å². The Morgan fingerprint density at radius 3 is 2.92 bits per heavy atom. The average molecular weight is 171 g/mol. The van der Waals surface area contributed by atoms with Crippen molar-refractivity contribution in [2.75, 3.05) is 0 Å². The van der Waals surface area contributed by atoms with Crippen molar-refractivity contribution in [2.24, 2.45) is 0 Å². The summed E-state index contributed by atoms with van der Waals surface area (Å²) in [4.78, 5) is 31.5. The zero-order valence-corrected chi connectivity index (χ0v) is 5.85. The van der Waals surface area contributed by atoms with Crippen molar-refractivity contribution in [1.29, 1.82) is 0 Å². The van der Waals surface area contributed by atoms with Crippen LogP contribution >= 0.6 is 0 Å². The van der Waals surface area contributed by atoms with Gasteiger partial charge in [-0.25, -0.2) is 5.10 Å². The summed E-state index contributed by atoms with van der Waals surface area (Å²) >= 11 is 0. The number of aliphatic carboxylic acids is 1. The SMILES string of the molecule is O=C(O)Cn1cn[nH]c(=O)c1=O. The van der Waals surface area contributed by atoms with Gasteiger partial charge >= 0.3 is 17.1 Å². The maximum atomic E-state index is 10.8. The molecule has 7 heteroatoms. The van der Waals surface area contributed by atoms with Gasteiger partial charge in [0, 0.05) is 0 Å². The predicted octanol–water partition coefficient (Wildman–Crippen LogP) is -1.98. The van der Waals surface area contributed by atoms with Crippen LogP contribution < -0.4 is 11.1 Å². The molecule has 1 aromatic rings. The van der Waals surface area contributed by atoms with Crippen molar-refractivity contribution in [3.63, 3.8) is 0 Å². The molecule has 0 aliphatic heterocycles. The molecule has 0 atom stereocenters. The molecule has 0 aliphatic rings. The summed E-state index contributed by atoms with van der Waals surface area (Å²) in [5, 5.41) is 13.4. The molecule has 0 amide bonds. The van der Waals surface area contributed by atoms with E-state index in [0.29, 0.717) is 4.57 Å². The first-order valence-corrected chi connectivity index (χ1v) is 2.97. The first-order chi connectivity index (χ1) is 5.61. The largest absolute Gasteiger partial charge is 0.480 e. The number of rotatable bonds is 2. The van der Waals surface area contributed by atoms with Crippen LogP contribution in [0.3, 0.4) is 0 Å². The van der Waals surface area contributed by atoms with Crippen LogP contribution in [0.4, 0.5) is 0 Å². The van der Waals surface area contributed by atoms with Gasteiger partial charge in [-0.2, -0.15) is 5.10 Å². The molecule has 7 nitrogen and oxygen atoms in total. The van der Waals surface area contributed by atoms with Gasteiger partial charge in [-0.05, 0) is 0 Å². The normalized spacial score (nSPS) is 9.67. The highest BCUT2D eigenvalue weighted by Gasteiger charge is 2.03. The highest BCUT2D eigenvalue weighted by atomic mass is 16.4. The Balaban J connectivity index is 3.18. The first kappa shape index (κ1) is 8.18. The van der Waals surface area contributed by atoms with Crippen molar-refractivity contribution < 1.29 is 9.90 Å². The van der Waals surface area contributed by atoms with Crippen LogP contribution in [0, 0.1) is 0 Å². The highest BCUT2D eigenvalue weighted by molar-refractivity contribution is 5.66. The number of hydrogen-bond donors (Lipinski definition) is 2. The van der Waals surface area contributed by atoms with Crippen LogP contribution in [0.5, 0.6) is 0 Å². The third-order valence-corrected chi connectivity index (χ3v) is 1.12. The number of carboxylic acid groups (broad SMARTS) is 1. The van der Waals surface area contributed by atoms with Gasteiger partial charge in [0.2, 0.25) is 0 Å². The predicted molar refractivity (Wildman–Crippen MR) is 36.8 cm³/mol. The van der Waals surface area contributed by atoms with E-state index in [-0.39, 0.29) is 0 Å². The van der Waals surface area contributed by atoms with E-state index >= 15 is 0 Å². The zero-order chi connectivity index (χ0) is 9.14. The quantitative estimate of drug-likeness (QED) is 0.501. The van der Waals surface area contributed by atoms with Crippen LogP contribution in [0.2, 0.25) is 0 Å². The maximum Gasteiger partial charge on any atom is 0.330 e. The third kappa shape index (κ3) is 1.57. The van der Waals surface area contributed by atoms with E-state index in [1.807, 2.05) is 5.10 Å². The lowest BCUT2D eigenvalue weighted by molar-refractivity contribution is -0.137. The Kier molecular flexibility index (Phi) is 2.04. The molecule has 1 aromatic heterocycles. The lowest BCUT2D eigenvalue weighted by atomic mass is 10.6. The molecule has 0 aliphatic carbocycles. The van der Waals surface area contributed by atoms with Crippen LogP contribution in [-0.2, 0) is 11.3 Å². The van der Waals surface area contributed by atoms with E-state index < -0.39 is 23.6 Å². The van der Waals surface area contributed by atoms with Crippen molar-refractivity contribution in [2.45, 2.75) is 6.54 Å². The summed E-state index contributed by atoms with van der Waals surface area (Å²) < 4.78 is 0.709. The molecule has 12 heavy (non-hydrogen) atoms. The number of hydrogen-bond acceptors (Lipinski definition) is 4. The summed E-state index contributed by atoms with van der Waals surface area (Å²) in [6.45, 7) is -0.560. The molecule has 0 unspecified atom stereocenters. The highest BCUT2D eigenvalue weighted by Crippen LogP contribution is 1.72. The van der Waals surface area contributed by atoms with E-state index in [9.17, 15) is 14.4 Å². The van der Waals surface area contributed by atoms with E-state index in [1.165, 1.54) is 0 Å². The molecule has 0 bridgehead atoms. The number of nitrogens with zero attached hydrogens (tertiary/aromatic N) is 2. The van der Waals surface area contributed by atoms with E-state index in [4.69, 9.17) is 5.11 Å². The van der Waals surface area contributed by atoms with Crippen LogP contribution in [-0.4, -0.2) is 25.8 Å². The lowest BCUT2D eigenvalue weighted by Gasteiger charge is -1.96. The van der Waals surface area contributed by atoms with Gasteiger partial charge in [-0.3, -0.25) is 19.0 Å². The summed E-state index contributed by atoms with van der Waals surface area (Å²) in [6.07, 6.45) is 0.956. The average Bonchev–Trinajstić information content (AvgIpc) is 1.98. The number of H-pyrrole nitrogens is 1. The van der Waals surface area contributed by atoms with E-state index in [0.717, 1.165) is 6.33 Å². The van der Waals surface area contributed by atoms with Gasteiger partial charge in [0.15, 0.2) is 0 Å². The molecule has 64 valence electrons. The Morgan fingerprint density at radius 1 is 1.67 bits per heavy atom. The molecule has 0 saturated carbocycles. The molecule has 1 heterocycles. The lowest BCUT2D eigenvalue weighted by Crippen LogP contribution is -2.38. The molecule has 0 fully saturated rings. The number of carboxylic acids is 1. The van der Waals surface area contributed by atoms with Gasteiger partial charge < -0.3 is 5.11 Å². The molecular formula is C5H5N3O4.